The van der Waals surface area contributed by atoms with E-state index >= 15 is 0 Å². The summed E-state index contributed by atoms with van der Waals surface area (Å²) in [5.74, 6) is 0. The molecule has 2 rings (SSSR count). The molecule has 0 unspecified atom stereocenters. The van der Waals surface area contributed by atoms with Gasteiger partial charge in [-0.1, -0.05) is 12.1 Å². The second-order valence-corrected chi connectivity index (χ2v) is 6.24. The fourth-order valence-corrected chi connectivity index (χ4v) is 3.14. The van der Waals surface area contributed by atoms with Gasteiger partial charge >= 0.3 is 12.4 Å². The highest BCUT2D eigenvalue weighted by molar-refractivity contribution is 7.15. The van der Waals surface area contributed by atoms with Crippen molar-refractivity contribution in [3.05, 3.63) is 46.3 Å². The van der Waals surface area contributed by atoms with Gasteiger partial charge in [0.25, 0.3) is 0 Å². The number of hydrogen-bond donors (Lipinski definition) is 1. The number of alkyl halides is 6. The Morgan fingerprint density at radius 2 is 1.85 bits per heavy atom. The van der Waals surface area contributed by atoms with Crippen molar-refractivity contribution in [1.29, 1.82) is 0 Å². The number of nitrogens with zero attached hydrogens (tertiary/aromatic N) is 1. The summed E-state index contributed by atoms with van der Waals surface area (Å²) in [5, 5.41) is 3.62. The van der Waals surface area contributed by atoms with E-state index in [1.165, 1.54) is 13.2 Å². The third kappa shape index (κ3) is 5.07. The van der Waals surface area contributed by atoms with E-state index in [1.807, 2.05) is 5.43 Å². The van der Waals surface area contributed by atoms with Crippen LogP contribution in [0.2, 0.25) is 0 Å². The van der Waals surface area contributed by atoms with E-state index in [0.717, 1.165) is 24.3 Å². The molecule has 0 saturated heterocycles. The highest BCUT2D eigenvalue weighted by Crippen LogP contribution is 2.43. The number of amides is 1. The van der Waals surface area contributed by atoms with Crippen LogP contribution in [0.25, 0.3) is 10.4 Å². The van der Waals surface area contributed by atoms with Gasteiger partial charge in [0.1, 0.15) is 4.88 Å². The molecular weight excluding hydrogens is 398 g/mol. The van der Waals surface area contributed by atoms with Gasteiger partial charge in [-0.15, -0.1) is 11.3 Å². The molecule has 0 aliphatic rings. The molecule has 1 amide bonds. The fraction of sp³-hybridized carbons (Fsp3) is 0.250. The van der Waals surface area contributed by atoms with E-state index in [2.05, 4.69) is 5.10 Å². The van der Waals surface area contributed by atoms with Crippen LogP contribution in [0.5, 0.6) is 0 Å². The van der Waals surface area contributed by atoms with Crippen molar-refractivity contribution in [2.75, 3.05) is 13.7 Å². The highest BCUT2D eigenvalue weighted by Gasteiger charge is 2.36. The molecular formula is C16H12F6N2O2S. The number of benzene rings is 1. The van der Waals surface area contributed by atoms with Gasteiger partial charge in [0, 0.05) is 23.1 Å². The molecule has 1 heterocycles. The number of hydrogen-bond acceptors (Lipinski definition) is 4. The smallest absolute Gasteiger partial charge is 0.378 e. The minimum atomic E-state index is -4.82. The monoisotopic (exact) mass is 410 g/mol. The van der Waals surface area contributed by atoms with Crippen molar-refractivity contribution >= 4 is 23.5 Å². The summed E-state index contributed by atoms with van der Waals surface area (Å²) < 4.78 is 83.6. The van der Waals surface area contributed by atoms with E-state index in [9.17, 15) is 31.1 Å². The Kier molecular flexibility index (Phi) is 6.26. The predicted octanol–water partition coefficient (Wildman–Crippen LogP) is 4.55. The standard InChI is InChI=1S/C16H12F6N2O2S/c1-26-7-12(24-23-8-25)9-2-3-10(11(6-9)15(17,18)19)13-4-5-14(27-13)16(20,21)22/h2-6,8H,7H2,1H3,(H,23,25)/b24-12+. The van der Waals surface area contributed by atoms with Crippen LogP contribution in [0, 0.1) is 0 Å². The highest BCUT2D eigenvalue weighted by atomic mass is 32.1. The summed E-state index contributed by atoms with van der Waals surface area (Å²) in [7, 11) is 1.29. The first-order valence-corrected chi connectivity index (χ1v) is 8.03. The number of halogens is 6. The number of rotatable bonds is 6. The van der Waals surface area contributed by atoms with Gasteiger partial charge in [-0.2, -0.15) is 31.4 Å². The van der Waals surface area contributed by atoms with Crippen LogP contribution in [-0.4, -0.2) is 25.8 Å². The average Bonchev–Trinajstić information content (AvgIpc) is 3.07. The van der Waals surface area contributed by atoms with Crippen LogP contribution in [-0.2, 0) is 21.9 Å². The van der Waals surface area contributed by atoms with Gasteiger partial charge in [-0.3, -0.25) is 4.79 Å². The fourth-order valence-electron chi connectivity index (χ4n) is 2.23. The summed E-state index contributed by atoms with van der Waals surface area (Å²) in [6.45, 7) is -0.186. The van der Waals surface area contributed by atoms with Crippen molar-refractivity contribution in [2.45, 2.75) is 12.4 Å². The second kappa shape index (κ2) is 8.09. The third-order valence-electron chi connectivity index (χ3n) is 3.34. The van der Waals surface area contributed by atoms with Gasteiger partial charge in [-0.25, -0.2) is 5.43 Å². The molecule has 1 aromatic carbocycles. The normalized spacial score (nSPS) is 12.9. The lowest BCUT2D eigenvalue weighted by Crippen LogP contribution is -2.16. The molecule has 0 fully saturated rings. The summed E-state index contributed by atoms with van der Waals surface area (Å²) >= 11 is 0.223. The molecule has 0 aliphatic heterocycles. The molecule has 0 atom stereocenters. The molecule has 4 nitrogen and oxygen atoms in total. The SMILES string of the molecule is COC/C(=N\NC=O)c1ccc(-c2ccc(C(F)(F)F)s2)c(C(F)(F)F)c1. The van der Waals surface area contributed by atoms with Crippen LogP contribution < -0.4 is 5.43 Å². The summed E-state index contributed by atoms with van der Waals surface area (Å²) in [6.07, 6.45) is -9.22. The molecule has 11 heteroatoms. The van der Waals surface area contributed by atoms with E-state index in [0.29, 0.717) is 0 Å². The van der Waals surface area contributed by atoms with Crippen LogP contribution >= 0.6 is 11.3 Å². The Hall–Kier alpha value is -2.40. The number of carbonyl (C=O) groups is 1. The number of thiophene rings is 1. The molecule has 0 radical (unpaired) electrons. The molecule has 0 aliphatic carbocycles. The lowest BCUT2D eigenvalue weighted by atomic mass is 10.00. The first-order valence-electron chi connectivity index (χ1n) is 7.21. The van der Waals surface area contributed by atoms with Crippen molar-refractivity contribution in [3.63, 3.8) is 0 Å². The zero-order valence-corrected chi connectivity index (χ0v) is 14.4. The van der Waals surface area contributed by atoms with E-state index in [1.54, 1.807) is 0 Å². The largest absolute Gasteiger partial charge is 0.425 e. The van der Waals surface area contributed by atoms with Gasteiger partial charge < -0.3 is 4.74 Å². The number of carbonyl (C=O) groups excluding carboxylic acids is 1. The van der Waals surface area contributed by atoms with Gasteiger partial charge in [0.2, 0.25) is 6.41 Å². The van der Waals surface area contributed by atoms with Crippen molar-refractivity contribution in [1.82, 2.24) is 5.43 Å². The second-order valence-electron chi connectivity index (χ2n) is 5.16. The number of hydrazone groups is 1. The van der Waals surface area contributed by atoms with Crippen LogP contribution in [0.3, 0.4) is 0 Å². The van der Waals surface area contributed by atoms with Crippen LogP contribution in [0.15, 0.2) is 35.4 Å². The van der Waals surface area contributed by atoms with Crippen LogP contribution in [0.4, 0.5) is 26.3 Å². The van der Waals surface area contributed by atoms with Gasteiger partial charge in [0.15, 0.2) is 0 Å². The molecule has 146 valence electrons. The maximum Gasteiger partial charge on any atom is 0.425 e. The van der Waals surface area contributed by atoms with Gasteiger partial charge in [0.05, 0.1) is 17.9 Å². The predicted molar refractivity (Wildman–Crippen MR) is 87.4 cm³/mol. The van der Waals surface area contributed by atoms with Crippen molar-refractivity contribution < 1.29 is 35.9 Å². The van der Waals surface area contributed by atoms with Gasteiger partial charge in [-0.05, 0) is 18.2 Å². The molecule has 1 N–H and O–H groups in total. The number of ether oxygens (including phenoxy) is 1. The Labute approximate surface area is 153 Å². The summed E-state index contributed by atoms with van der Waals surface area (Å²) in [5.41, 5.74) is 0.503. The minimum Gasteiger partial charge on any atom is -0.378 e. The number of nitrogens with one attached hydrogen (secondary N) is 1. The third-order valence-corrected chi connectivity index (χ3v) is 4.51. The molecule has 0 bridgehead atoms. The zero-order chi connectivity index (χ0) is 20.2. The minimum absolute atomic E-state index is 0.00914. The molecule has 0 saturated carbocycles. The Morgan fingerprint density at radius 1 is 1.15 bits per heavy atom. The lowest BCUT2D eigenvalue weighted by molar-refractivity contribution is -0.137. The maximum absolute atomic E-state index is 13.5. The van der Waals surface area contributed by atoms with E-state index in [-0.39, 0.29) is 46.1 Å². The molecule has 1 aromatic heterocycles. The quantitative estimate of drug-likeness (QED) is 0.329. The number of methoxy groups -OCH3 is 1. The zero-order valence-electron chi connectivity index (χ0n) is 13.6. The van der Waals surface area contributed by atoms with Crippen LogP contribution in [0.1, 0.15) is 16.0 Å². The van der Waals surface area contributed by atoms with E-state index in [4.69, 9.17) is 4.74 Å². The van der Waals surface area contributed by atoms with E-state index < -0.39 is 22.8 Å². The first-order chi connectivity index (χ1) is 12.6. The summed E-state index contributed by atoms with van der Waals surface area (Å²) in [4.78, 5) is 9.20. The maximum atomic E-state index is 13.5. The first kappa shape index (κ1) is 20.9. The average molecular weight is 410 g/mol. The lowest BCUT2D eigenvalue weighted by Gasteiger charge is -2.14. The Balaban J connectivity index is 2.57. The Morgan fingerprint density at radius 3 is 2.37 bits per heavy atom. The molecule has 2 aromatic rings. The van der Waals surface area contributed by atoms with Crippen molar-refractivity contribution in [2.24, 2.45) is 5.10 Å². The summed E-state index contributed by atoms with van der Waals surface area (Å²) in [6, 6.07) is 4.82. The Bertz CT molecular complexity index is 842. The molecule has 0 spiro atoms. The molecule has 27 heavy (non-hydrogen) atoms. The van der Waals surface area contributed by atoms with Crippen molar-refractivity contribution in [3.8, 4) is 10.4 Å². The topological polar surface area (TPSA) is 50.7 Å².